The topological polar surface area (TPSA) is 66.4 Å². The van der Waals surface area contributed by atoms with Gasteiger partial charge in [-0.15, -0.1) is 24.0 Å². The summed E-state index contributed by atoms with van der Waals surface area (Å²) in [7, 11) is 1.80. The number of aliphatic imine (C=N–C) groups is 1. The van der Waals surface area contributed by atoms with Crippen LogP contribution in [-0.4, -0.2) is 87.4 Å². The summed E-state index contributed by atoms with van der Waals surface area (Å²) in [6.45, 7) is 10.4. The van der Waals surface area contributed by atoms with E-state index in [0.717, 1.165) is 64.6 Å². The van der Waals surface area contributed by atoms with Gasteiger partial charge in [0.1, 0.15) is 6.10 Å². The first-order valence-corrected chi connectivity index (χ1v) is 9.55. The Bertz CT molecular complexity index is 434. The molecule has 152 valence electrons. The first-order valence-electron chi connectivity index (χ1n) is 9.55. The van der Waals surface area contributed by atoms with Crippen molar-refractivity contribution in [1.82, 2.24) is 15.1 Å². The van der Waals surface area contributed by atoms with Gasteiger partial charge in [-0.05, 0) is 25.2 Å². The summed E-state index contributed by atoms with van der Waals surface area (Å²) in [6.07, 6.45) is 2.73. The van der Waals surface area contributed by atoms with Crippen LogP contribution in [0.1, 0.15) is 33.1 Å². The highest BCUT2D eigenvalue weighted by Crippen LogP contribution is 2.16. The molecule has 8 heteroatoms. The Morgan fingerprint density at radius 3 is 2.50 bits per heavy atom. The smallest absolute Gasteiger partial charge is 0.251 e. The number of piperazine rings is 1. The van der Waals surface area contributed by atoms with Crippen molar-refractivity contribution >= 4 is 35.8 Å². The predicted octanol–water partition coefficient (Wildman–Crippen LogP) is 1.57. The van der Waals surface area contributed by atoms with Crippen molar-refractivity contribution in [3.8, 4) is 0 Å². The lowest BCUT2D eigenvalue weighted by atomic mass is 10.1. The Morgan fingerprint density at radius 2 is 1.92 bits per heavy atom. The van der Waals surface area contributed by atoms with Crippen LogP contribution in [0.4, 0.5) is 0 Å². The van der Waals surface area contributed by atoms with Crippen LogP contribution in [0, 0.1) is 5.92 Å². The average molecular weight is 482 g/mol. The molecule has 0 aromatic rings. The fourth-order valence-electron chi connectivity index (χ4n) is 3.10. The average Bonchev–Trinajstić information content (AvgIpc) is 3.15. The van der Waals surface area contributed by atoms with E-state index in [-0.39, 0.29) is 36.0 Å². The number of ether oxygens (including phenoxy) is 2. The molecule has 26 heavy (non-hydrogen) atoms. The predicted molar refractivity (Wildman–Crippen MR) is 114 cm³/mol. The Hall–Kier alpha value is -0.610. The van der Waals surface area contributed by atoms with Crippen molar-refractivity contribution in [3.63, 3.8) is 0 Å². The molecule has 2 saturated heterocycles. The number of carbonyl (C=O) groups is 1. The van der Waals surface area contributed by atoms with E-state index in [1.807, 2.05) is 4.90 Å². The van der Waals surface area contributed by atoms with Gasteiger partial charge in [-0.25, -0.2) is 0 Å². The lowest BCUT2D eigenvalue weighted by Gasteiger charge is -2.37. The SMILES string of the molecule is CN=C(NCCOCCC(C)C)N1CCN(C(=O)C2CCCO2)CC1.I. The Balaban J connectivity index is 0.00000338. The molecule has 2 rings (SSSR count). The lowest BCUT2D eigenvalue weighted by molar-refractivity contribution is -0.142. The first kappa shape index (κ1) is 23.4. The van der Waals surface area contributed by atoms with Crippen LogP contribution in [0.25, 0.3) is 0 Å². The molecule has 1 unspecified atom stereocenters. The maximum absolute atomic E-state index is 12.4. The number of hydrogen-bond donors (Lipinski definition) is 1. The Kier molecular flexibility index (Phi) is 11.5. The molecule has 0 radical (unpaired) electrons. The van der Waals surface area contributed by atoms with Gasteiger partial charge in [0.2, 0.25) is 0 Å². The van der Waals surface area contributed by atoms with Crippen molar-refractivity contribution < 1.29 is 14.3 Å². The number of carbonyl (C=O) groups excluding carboxylic acids is 1. The quantitative estimate of drug-likeness (QED) is 0.258. The van der Waals surface area contributed by atoms with Crippen LogP contribution in [0.5, 0.6) is 0 Å². The van der Waals surface area contributed by atoms with Gasteiger partial charge in [0, 0.05) is 53.0 Å². The highest BCUT2D eigenvalue weighted by Gasteiger charge is 2.30. The second kappa shape index (κ2) is 12.7. The molecule has 0 saturated carbocycles. The van der Waals surface area contributed by atoms with E-state index in [0.29, 0.717) is 19.1 Å². The molecular formula is C18H35IN4O3. The molecule has 2 aliphatic rings. The van der Waals surface area contributed by atoms with E-state index < -0.39 is 0 Å². The zero-order valence-electron chi connectivity index (χ0n) is 16.4. The van der Waals surface area contributed by atoms with Crippen molar-refractivity contribution in [2.45, 2.75) is 39.2 Å². The monoisotopic (exact) mass is 482 g/mol. The van der Waals surface area contributed by atoms with E-state index in [2.05, 4.69) is 29.1 Å². The zero-order valence-corrected chi connectivity index (χ0v) is 18.7. The third-order valence-corrected chi connectivity index (χ3v) is 4.68. The Morgan fingerprint density at radius 1 is 1.23 bits per heavy atom. The Labute approximate surface area is 174 Å². The number of halogens is 1. The molecule has 1 N–H and O–H groups in total. The number of rotatable bonds is 7. The van der Waals surface area contributed by atoms with E-state index >= 15 is 0 Å². The van der Waals surface area contributed by atoms with Gasteiger partial charge < -0.3 is 24.6 Å². The molecule has 1 amide bonds. The summed E-state index contributed by atoms with van der Waals surface area (Å²) in [5, 5.41) is 3.35. The first-order chi connectivity index (χ1) is 12.1. The number of guanidine groups is 1. The largest absolute Gasteiger partial charge is 0.380 e. The van der Waals surface area contributed by atoms with Gasteiger partial charge in [0.15, 0.2) is 5.96 Å². The van der Waals surface area contributed by atoms with E-state index in [4.69, 9.17) is 9.47 Å². The van der Waals surface area contributed by atoms with Crippen LogP contribution in [-0.2, 0) is 14.3 Å². The van der Waals surface area contributed by atoms with Gasteiger partial charge in [0.05, 0.1) is 6.61 Å². The highest BCUT2D eigenvalue weighted by atomic mass is 127. The van der Waals surface area contributed by atoms with Crippen LogP contribution >= 0.6 is 24.0 Å². The van der Waals surface area contributed by atoms with Gasteiger partial charge in [-0.3, -0.25) is 9.79 Å². The van der Waals surface area contributed by atoms with Crippen LogP contribution < -0.4 is 5.32 Å². The van der Waals surface area contributed by atoms with Crippen molar-refractivity contribution in [2.75, 3.05) is 59.6 Å². The fourth-order valence-corrected chi connectivity index (χ4v) is 3.10. The molecule has 2 fully saturated rings. The summed E-state index contributed by atoms with van der Waals surface area (Å²) in [5.74, 6) is 1.71. The van der Waals surface area contributed by atoms with Crippen LogP contribution in [0.15, 0.2) is 4.99 Å². The molecule has 0 spiro atoms. The van der Waals surface area contributed by atoms with Gasteiger partial charge in [0.25, 0.3) is 5.91 Å². The molecule has 1 atom stereocenters. The van der Waals surface area contributed by atoms with Gasteiger partial charge in [-0.1, -0.05) is 13.8 Å². The summed E-state index contributed by atoms with van der Waals surface area (Å²) in [5.41, 5.74) is 0. The van der Waals surface area contributed by atoms with Crippen molar-refractivity contribution in [3.05, 3.63) is 0 Å². The minimum Gasteiger partial charge on any atom is -0.380 e. The molecule has 2 aliphatic heterocycles. The third-order valence-electron chi connectivity index (χ3n) is 4.68. The lowest BCUT2D eigenvalue weighted by Crippen LogP contribution is -2.55. The maximum Gasteiger partial charge on any atom is 0.251 e. The minimum absolute atomic E-state index is 0. The summed E-state index contributed by atoms with van der Waals surface area (Å²) < 4.78 is 11.1. The number of hydrogen-bond acceptors (Lipinski definition) is 4. The standard InChI is InChI=1S/C18H34N4O3.HI/c1-15(2)6-13-24-14-7-20-18(19-3)22-10-8-21(9-11-22)17(23)16-5-4-12-25-16;/h15-16H,4-14H2,1-3H3,(H,19,20);1H. The molecule has 2 heterocycles. The summed E-state index contributed by atoms with van der Waals surface area (Å²) >= 11 is 0. The minimum atomic E-state index is -0.216. The third kappa shape index (κ3) is 7.56. The van der Waals surface area contributed by atoms with Crippen LogP contribution in [0.2, 0.25) is 0 Å². The van der Waals surface area contributed by atoms with Gasteiger partial charge in [-0.2, -0.15) is 0 Å². The number of nitrogens with zero attached hydrogens (tertiary/aromatic N) is 3. The normalized spacial score (nSPS) is 21.1. The van der Waals surface area contributed by atoms with E-state index in [1.165, 1.54) is 0 Å². The van der Waals surface area contributed by atoms with Crippen LogP contribution in [0.3, 0.4) is 0 Å². The molecule has 0 aromatic heterocycles. The second-order valence-corrected chi connectivity index (χ2v) is 7.08. The fraction of sp³-hybridized carbons (Fsp3) is 0.889. The molecule has 0 aliphatic carbocycles. The van der Waals surface area contributed by atoms with E-state index in [9.17, 15) is 4.79 Å². The second-order valence-electron chi connectivity index (χ2n) is 7.08. The van der Waals surface area contributed by atoms with Crippen molar-refractivity contribution in [2.24, 2.45) is 10.9 Å². The highest BCUT2D eigenvalue weighted by molar-refractivity contribution is 14.0. The summed E-state index contributed by atoms with van der Waals surface area (Å²) in [6, 6.07) is 0. The van der Waals surface area contributed by atoms with Gasteiger partial charge >= 0.3 is 0 Å². The zero-order chi connectivity index (χ0) is 18.1. The molecule has 0 bridgehead atoms. The molecular weight excluding hydrogens is 447 g/mol. The number of nitrogens with one attached hydrogen (secondary N) is 1. The number of amides is 1. The molecule has 0 aromatic carbocycles. The maximum atomic E-state index is 12.4. The van der Waals surface area contributed by atoms with Crippen molar-refractivity contribution in [1.29, 1.82) is 0 Å². The summed E-state index contributed by atoms with van der Waals surface area (Å²) in [4.78, 5) is 20.9. The van der Waals surface area contributed by atoms with E-state index in [1.54, 1.807) is 7.05 Å². The molecule has 7 nitrogen and oxygen atoms in total.